The van der Waals surface area contributed by atoms with E-state index < -0.39 is 28.5 Å². The highest BCUT2D eigenvalue weighted by Gasteiger charge is 2.35. The van der Waals surface area contributed by atoms with E-state index in [-0.39, 0.29) is 35.5 Å². The van der Waals surface area contributed by atoms with Crippen molar-refractivity contribution < 1.29 is 22.7 Å². The molecule has 0 fully saturated rings. The lowest BCUT2D eigenvalue weighted by molar-refractivity contribution is -0.140. The standard InChI is InChI=1S/C41H42ClN3O5S/c1-4-31(3)43-41(47)39(27-32-12-7-5-8-13-32)44(28-33-14-11-15-34(42)26-33)40(46)29-45(51(48,49)38-24-18-30(2)19-25-38)35-20-22-37(23-21-35)50-36-16-9-6-10-17-36/h5-26,31,39H,4,27-29H2,1-3H3,(H,43,47). The number of ether oxygens (including phenoxy) is 1. The number of halogens is 1. The van der Waals surface area contributed by atoms with Crippen molar-refractivity contribution in [2.45, 2.75) is 57.1 Å². The molecular weight excluding hydrogens is 682 g/mol. The second kappa shape index (κ2) is 17.2. The molecule has 5 aromatic carbocycles. The zero-order valence-corrected chi connectivity index (χ0v) is 30.5. The number of carbonyl (C=O) groups is 2. The zero-order valence-electron chi connectivity index (χ0n) is 28.9. The molecule has 8 nitrogen and oxygen atoms in total. The summed E-state index contributed by atoms with van der Waals surface area (Å²) in [6.45, 7) is 5.19. The Morgan fingerprint density at radius 1 is 0.784 bits per heavy atom. The van der Waals surface area contributed by atoms with Crippen LogP contribution < -0.4 is 14.4 Å². The molecule has 0 radical (unpaired) electrons. The minimum atomic E-state index is -4.26. The van der Waals surface area contributed by atoms with Crippen LogP contribution in [0.5, 0.6) is 11.5 Å². The number of benzene rings is 5. The van der Waals surface area contributed by atoms with Crippen LogP contribution in [0, 0.1) is 6.92 Å². The van der Waals surface area contributed by atoms with Gasteiger partial charge in [-0.3, -0.25) is 13.9 Å². The quantitative estimate of drug-likeness (QED) is 0.118. The summed E-state index contributed by atoms with van der Waals surface area (Å²) in [5.74, 6) is 0.229. The number of amides is 2. The van der Waals surface area contributed by atoms with Gasteiger partial charge in [0, 0.05) is 24.0 Å². The second-order valence-electron chi connectivity index (χ2n) is 12.4. The van der Waals surface area contributed by atoms with Crippen molar-refractivity contribution in [2.75, 3.05) is 10.8 Å². The van der Waals surface area contributed by atoms with E-state index in [9.17, 15) is 18.0 Å². The van der Waals surface area contributed by atoms with Gasteiger partial charge >= 0.3 is 0 Å². The Labute approximate surface area is 305 Å². The van der Waals surface area contributed by atoms with Crippen molar-refractivity contribution in [1.82, 2.24) is 10.2 Å². The fraction of sp³-hybridized carbons (Fsp3) is 0.220. The number of sulfonamides is 1. The van der Waals surface area contributed by atoms with E-state index in [2.05, 4.69) is 5.32 Å². The third-order valence-corrected chi connectivity index (χ3v) is 10.5. The van der Waals surface area contributed by atoms with Gasteiger partial charge in [-0.15, -0.1) is 0 Å². The summed E-state index contributed by atoms with van der Waals surface area (Å²) in [7, 11) is -4.26. The molecule has 0 spiro atoms. The summed E-state index contributed by atoms with van der Waals surface area (Å²) in [6, 6.07) is 37.6. The number of aryl methyl sites for hydroxylation is 1. The number of carbonyl (C=O) groups excluding carboxylic acids is 2. The Kier molecular flexibility index (Phi) is 12.5. The average Bonchev–Trinajstić information content (AvgIpc) is 3.13. The van der Waals surface area contributed by atoms with Gasteiger partial charge in [-0.1, -0.05) is 96.9 Å². The van der Waals surface area contributed by atoms with Gasteiger partial charge in [0.05, 0.1) is 10.6 Å². The molecular formula is C41H42ClN3O5S. The smallest absolute Gasteiger partial charge is 0.264 e. The SMILES string of the molecule is CCC(C)NC(=O)C(Cc1ccccc1)N(Cc1cccc(Cl)c1)C(=O)CN(c1ccc(Oc2ccccc2)cc1)S(=O)(=O)c1ccc(C)cc1. The van der Waals surface area contributed by atoms with Gasteiger partial charge in [0.25, 0.3) is 10.0 Å². The molecule has 1 N–H and O–H groups in total. The lowest BCUT2D eigenvalue weighted by Gasteiger charge is -2.34. The molecule has 0 heterocycles. The number of nitrogens with zero attached hydrogens (tertiary/aromatic N) is 2. The number of hydrogen-bond donors (Lipinski definition) is 1. The Morgan fingerprint density at radius 3 is 2.02 bits per heavy atom. The first-order valence-electron chi connectivity index (χ1n) is 16.8. The van der Waals surface area contributed by atoms with Crippen LogP contribution >= 0.6 is 11.6 Å². The minimum absolute atomic E-state index is 0.0209. The molecule has 0 aliphatic heterocycles. The van der Waals surface area contributed by atoms with Crippen LogP contribution in [0.2, 0.25) is 5.02 Å². The van der Waals surface area contributed by atoms with E-state index in [1.807, 2.05) is 87.5 Å². The van der Waals surface area contributed by atoms with Gasteiger partial charge in [-0.2, -0.15) is 0 Å². The minimum Gasteiger partial charge on any atom is -0.457 e. The molecule has 2 atom stereocenters. The summed E-state index contributed by atoms with van der Waals surface area (Å²) >= 11 is 6.35. The van der Waals surface area contributed by atoms with Crippen LogP contribution in [0.25, 0.3) is 0 Å². The average molecular weight is 724 g/mol. The van der Waals surface area contributed by atoms with Crippen LogP contribution in [0.1, 0.15) is 37.0 Å². The van der Waals surface area contributed by atoms with Crippen molar-refractivity contribution in [3.63, 3.8) is 0 Å². The van der Waals surface area contributed by atoms with Crippen molar-refractivity contribution >= 4 is 39.1 Å². The monoisotopic (exact) mass is 723 g/mol. The fourth-order valence-corrected chi connectivity index (χ4v) is 7.13. The first-order chi connectivity index (χ1) is 24.5. The normalized spacial score (nSPS) is 12.4. The molecule has 0 aromatic heterocycles. The van der Waals surface area contributed by atoms with Crippen molar-refractivity contribution in [1.29, 1.82) is 0 Å². The van der Waals surface area contributed by atoms with Crippen LogP contribution in [0.3, 0.4) is 0 Å². The number of nitrogens with one attached hydrogen (secondary N) is 1. The number of anilines is 1. The number of rotatable bonds is 15. The molecule has 2 unspecified atom stereocenters. The highest BCUT2D eigenvalue weighted by atomic mass is 35.5. The van der Waals surface area contributed by atoms with E-state index in [1.165, 1.54) is 17.0 Å². The summed E-state index contributed by atoms with van der Waals surface area (Å²) < 4.78 is 35.8. The first-order valence-corrected chi connectivity index (χ1v) is 18.7. The molecule has 0 aliphatic carbocycles. The Balaban J connectivity index is 1.56. The van der Waals surface area contributed by atoms with Crippen molar-refractivity contribution in [2.24, 2.45) is 0 Å². The predicted octanol–water partition coefficient (Wildman–Crippen LogP) is 8.19. The molecule has 0 aliphatic rings. The molecule has 2 amide bonds. The van der Waals surface area contributed by atoms with Gasteiger partial charge in [0.1, 0.15) is 24.1 Å². The summed E-state index contributed by atoms with van der Waals surface area (Å²) in [5.41, 5.74) is 2.70. The van der Waals surface area contributed by atoms with Crippen LogP contribution in [0.15, 0.2) is 138 Å². The second-order valence-corrected chi connectivity index (χ2v) is 14.7. The van der Waals surface area contributed by atoms with Gasteiger partial charge < -0.3 is 15.0 Å². The third-order valence-electron chi connectivity index (χ3n) is 8.51. The topological polar surface area (TPSA) is 96.0 Å². The maximum Gasteiger partial charge on any atom is 0.264 e. The van der Waals surface area contributed by atoms with Gasteiger partial charge in [-0.05, 0) is 92.1 Å². The van der Waals surface area contributed by atoms with Gasteiger partial charge in [-0.25, -0.2) is 8.42 Å². The number of hydrogen-bond acceptors (Lipinski definition) is 5. The summed E-state index contributed by atoms with van der Waals surface area (Å²) in [5, 5.41) is 3.53. The molecule has 51 heavy (non-hydrogen) atoms. The van der Waals surface area contributed by atoms with E-state index in [0.717, 1.165) is 15.4 Å². The Bertz CT molecular complexity index is 2010. The Hall–Kier alpha value is -5.12. The van der Waals surface area contributed by atoms with E-state index in [1.54, 1.807) is 54.6 Å². The fourth-order valence-electron chi connectivity index (χ4n) is 5.50. The van der Waals surface area contributed by atoms with E-state index in [4.69, 9.17) is 16.3 Å². The Morgan fingerprint density at radius 2 is 1.39 bits per heavy atom. The maximum absolute atomic E-state index is 14.7. The zero-order chi connectivity index (χ0) is 36.4. The molecule has 264 valence electrons. The van der Waals surface area contributed by atoms with E-state index >= 15 is 0 Å². The summed E-state index contributed by atoms with van der Waals surface area (Å²) in [6.07, 6.45) is 0.907. The molecule has 0 saturated heterocycles. The van der Waals surface area contributed by atoms with Gasteiger partial charge in [0.2, 0.25) is 11.8 Å². The van der Waals surface area contributed by atoms with Crippen LogP contribution in [-0.4, -0.2) is 43.8 Å². The lowest BCUT2D eigenvalue weighted by atomic mass is 10.0. The first kappa shape index (κ1) is 37.1. The van der Waals surface area contributed by atoms with Gasteiger partial charge in [0.15, 0.2) is 0 Å². The molecule has 0 saturated carbocycles. The number of para-hydroxylation sites is 1. The largest absolute Gasteiger partial charge is 0.457 e. The highest BCUT2D eigenvalue weighted by Crippen LogP contribution is 2.29. The van der Waals surface area contributed by atoms with Crippen molar-refractivity contribution in [3.8, 4) is 11.5 Å². The lowest BCUT2D eigenvalue weighted by Crippen LogP contribution is -2.54. The summed E-state index contributed by atoms with van der Waals surface area (Å²) in [4.78, 5) is 30.3. The molecule has 5 aromatic rings. The highest BCUT2D eigenvalue weighted by molar-refractivity contribution is 7.92. The third kappa shape index (κ3) is 9.99. The molecule has 0 bridgehead atoms. The molecule has 10 heteroatoms. The van der Waals surface area contributed by atoms with Crippen LogP contribution in [0.4, 0.5) is 5.69 Å². The van der Waals surface area contributed by atoms with Crippen LogP contribution in [-0.2, 0) is 32.6 Å². The molecule has 5 rings (SSSR count). The predicted molar refractivity (Wildman–Crippen MR) is 203 cm³/mol. The van der Waals surface area contributed by atoms with E-state index in [0.29, 0.717) is 28.5 Å². The van der Waals surface area contributed by atoms with Crippen molar-refractivity contribution in [3.05, 3.63) is 155 Å². The maximum atomic E-state index is 14.7.